The Hall–Kier alpha value is -3.39. The van der Waals surface area contributed by atoms with Crippen LogP contribution in [-0.2, 0) is 11.3 Å². The number of hydrogen-bond donors (Lipinski definition) is 0. The van der Waals surface area contributed by atoms with Crippen LogP contribution < -0.4 is 0 Å². The van der Waals surface area contributed by atoms with E-state index in [0.717, 1.165) is 32.0 Å². The van der Waals surface area contributed by atoms with E-state index in [4.69, 9.17) is 4.74 Å². The molecule has 1 aromatic heterocycles. The second-order valence-corrected chi connectivity index (χ2v) is 8.86. The summed E-state index contributed by atoms with van der Waals surface area (Å²) in [5, 5.41) is 12.7. The van der Waals surface area contributed by atoms with E-state index >= 15 is 0 Å². The molecule has 0 bridgehead atoms. The van der Waals surface area contributed by atoms with Crippen molar-refractivity contribution in [1.82, 2.24) is 30.0 Å². The van der Waals surface area contributed by atoms with Crippen molar-refractivity contribution in [3.05, 3.63) is 114 Å². The zero-order valence-electron chi connectivity index (χ0n) is 20.1. The number of rotatable bonds is 9. The van der Waals surface area contributed by atoms with Gasteiger partial charge in [-0.25, -0.2) is 4.68 Å². The van der Waals surface area contributed by atoms with Gasteiger partial charge in [-0.1, -0.05) is 91.0 Å². The van der Waals surface area contributed by atoms with E-state index < -0.39 is 0 Å². The third-order valence-electron chi connectivity index (χ3n) is 6.74. The summed E-state index contributed by atoms with van der Waals surface area (Å²) in [7, 11) is 1.70. The lowest BCUT2D eigenvalue weighted by Gasteiger charge is -2.42. The SMILES string of the molecule is COCCn1nnnc1[C@@H](c1ccccc1)N1CCN(C(c2ccccc2)c2ccccc2)CC1. The van der Waals surface area contributed by atoms with Gasteiger partial charge in [0.2, 0.25) is 0 Å². The fourth-order valence-corrected chi connectivity index (χ4v) is 5.04. The van der Waals surface area contributed by atoms with Crippen LogP contribution in [-0.4, -0.2) is 69.9 Å². The Morgan fingerprint density at radius 3 is 1.63 bits per heavy atom. The van der Waals surface area contributed by atoms with E-state index in [1.807, 2.05) is 4.68 Å². The molecular formula is C28H32N6O. The van der Waals surface area contributed by atoms with E-state index in [2.05, 4.69) is 116 Å². The van der Waals surface area contributed by atoms with Gasteiger partial charge in [0.25, 0.3) is 0 Å². The molecule has 1 atom stereocenters. The molecule has 7 heteroatoms. The topological polar surface area (TPSA) is 59.3 Å². The third kappa shape index (κ3) is 5.32. The lowest BCUT2D eigenvalue weighted by molar-refractivity contribution is 0.0851. The molecule has 0 N–H and O–H groups in total. The highest BCUT2D eigenvalue weighted by Crippen LogP contribution is 2.33. The Balaban J connectivity index is 1.40. The molecule has 2 heterocycles. The summed E-state index contributed by atoms with van der Waals surface area (Å²) in [5.74, 6) is 0.865. The number of benzene rings is 3. The Labute approximate surface area is 206 Å². The fraction of sp³-hybridized carbons (Fsp3) is 0.321. The van der Waals surface area contributed by atoms with Gasteiger partial charge in [-0.05, 0) is 27.1 Å². The average molecular weight is 469 g/mol. The molecule has 1 aliphatic rings. The van der Waals surface area contributed by atoms with Crippen LogP contribution in [0.15, 0.2) is 91.0 Å². The maximum atomic E-state index is 5.29. The molecule has 0 unspecified atom stereocenters. The van der Waals surface area contributed by atoms with E-state index in [9.17, 15) is 0 Å². The number of aromatic nitrogens is 4. The van der Waals surface area contributed by atoms with Crippen LogP contribution in [0, 0.1) is 0 Å². The molecule has 35 heavy (non-hydrogen) atoms. The molecule has 0 amide bonds. The zero-order chi connectivity index (χ0) is 23.9. The van der Waals surface area contributed by atoms with Crippen molar-refractivity contribution in [1.29, 1.82) is 0 Å². The molecule has 0 spiro atoms. The Bertz CT molecular complexity index is 1120. The first-order valence-corrected chi connectivity index (χ1v) is 12.2. The number of nitrogens with zero attached hydrogens (tertiary/aromatic N) is 6. The van der Waals surface area contributed by atoms with Crippen LogP contribution in [0.1, 0.15) is 34.6 Å². The summed E-state index contributed by atoms with van der Waals surface area (Å²) in [6.07, 6.45) is 0. The predicted molar refractivity (Wildman–Crippen MR) is 136 cm³/mol. The Morgan fingerprint density at radius 2 is 1.14 bits per heavy atom. The normalized spacial score (nSPS) is 15.9. The molecule has 1 aliphatic heterocycles. The van der Waals surface area contributed by atoms with E-state index in [1.165, 1.54) is 16.7 Å². The second-order valence-electron chi connectivity index (χ2n) is 8.86. The van der Waals surface area contributed by atoms with Gasteiger partial charge in [-0.2, -0.15) is 0 Å². The number of hydrogen-bond acceptors (Lipinski definition) is 6. The van der Waals surface area contributed by atoms with Crippen molar-refractivity contribution in [3.8, 4) is 0 Å². The van der Waals surface area contributed by atoms with Gasteiger partial charge in [0.1, 0.15) is 0 Å². The summed E-state index contributed by atoms with van der Waals surface area (Å²) in [4.78, 5) is 5.10. The number of methoxy groups -OCH3 is 1. The maximum absolute atomic E-state index is 5.29. The highest BCUT2D eigenvalue weighted by atomic mass is 16.5. The molecule has 7 nitrogen and oxygen atoms in total. The van der Waals surface area contributed by atoms with Crippen LogP contribution in [0.2, 0.25) is 0 Å². The van der Waals surface area contributed by atoms with E-state index in [0.29, 0.717) is 13.2 Å². The van der Waals surface area contributed by atoms with Crippen LogP contribution in [0.3, 0.4) is 0 Å². The lowest BCUT2D eigenvalue weighted by Crippen LogP contribution is -2.49. The quantitative estimate of drug-likeness (QED) is 0.372. The monoisotopic (exact) mass is 468 g/mol. The number of tetrazole rings is 1. The minimum atomic E-state index is -0.00268. The van der Waals surface area contributed by atoms with Gasteiger partial charge in [0.15, 0.2) is 5.82 Å². The fourth-order valence-electron chi connectivity index (χ4n) is 5.04. The van der Waals surface area contributed by atoms with Crippen molar-refractivity contribution in [2.24, 2.45) is 0 Å². The summed E-state index contributed by atoms with van der Waals surface area (Å²) in [5.41, 5.74) is 3.86. The highest BCUT2D eigenvalue weighted by molar-refractivity contribution is 5.32. The molecule has 180 valence electrons. The molecule has 1 fully saturated rings. The minimum absolute atomic E-state index is 0.00268. The van der Waals surface area contributed by atoms with Gasteiger partial charge in [0, 0.05) is 33.3 Å². The lowest BCUT2D eigenvalue weighted by atomic mass is 9.96. The number of ether oxygens (including phenoxy) is 1. The maximum Gasteiger partial charge on any atom is 0.173 e. The standard InChI is InChI=1S/C28H32N6O/c1-35-22-21-34-28(29-30-31-34)27(25-15-9-4-10-16-25)33-19-17-32(18-20-33)26(23-11-5-2-6-12-23)24-13-7-3-8-14-24/h2-16,26-27H,17-22H2,1H3/t27-/m1/s1. The van der Waals surface area contributed by atoms with Crippen molar-refractivity contribution < 1.29 is 4.74 Å². The van der Waals surface area contributed by atoms with E-state index in [1.54, 1.807) is 7.11 Å². The average Bonchev–Trinajstić information content (AvgIpc) is 3.38. The molecule has 4 aromatic rings. The largest absolute Gasteiger partial charge is 0.383 e. The van der Waals surface area contributed by atoms with Gasteiger partial charge in [0.05, 0.1) is 25.2 Å². The van der Waals surface area contributed by atoms with E-state index in [-0.39, 0.29) is 12.1 Å². The summed E-state index contributed by atoms with van der Waals surface area (Å²) < 4.78 is 7.17. The highest BCUT2D eigenvalue weighted by Gasteiger charge is 2.33. The molecule has 0 radical (unpaired) electrons. The molecular weight excluding hydrogens is 436 g/mol. The zero-order valence-corrected chi connectivity index (χ0v) is 20.1. The van der Waals surface area contributed by atoms with Crippen molar-refractivity contribution in [2.45, 2.75) is 18.6 Å². The smallest absolute Gasteiger partial charge is 0.173 e. The van der Waals surface area contributed by atoms with Crippen LogP contribution in [0.5, 0.6) is 0 Å². The van der Waals surface area contributed by atoms with Crippen molar-refractivity contribution in [2.75, 3.05) is 39.9 Å². The molecule has 1 saturated heterocycles. The van der Waals surface area contributed by atoms with Gasteiger partial charge in [-0.15, -0.1) is 5.10 Å². The molecule has 5 rings (SSSR count). The second kappa shape index (κ2) is 11.4. The minimum Gasteiger partial charge on any atom is -0.383 e. The Kier molecular flexibility index (Phi) is 7.58. The molecule has 0 saturated carbocycles. The van der Waals surface area contributed by atoms with Crippen LogP contribution in [0.4, 0.5) is 0 Å². The first-order chi connectivity index (χ1) is 17.3. The van der Waals surface area contributed by atoms with Gasteiger partial charge in [-0.3, -0.25) is 9.80 Å². The van der Waals surface area contributed by atoms with Gasteiger partial charge >= 0.3 is 0 Å². The summed E-state index contributed by atoms with van der Waals surface area (Å²) in [6.45, 7) is 4.96. The van der Waals surface area contributed by atoms with Crippen molar-refractivity contribution in [3.63, 3.8) is 0 Å². The first kappa shape index (κ1) is 23.4. The van der Waals surface area contributed by atoms with Crippen molar-refractivity contribution >= 4 is 0 Å². The molecule has 3 aromatic carbocycles. The predicted octanol–water partition coefficient (Wildman–Crippen LogP) is 3.82. The molecule has 0 aliphatic carbocycles. The number of piperazine rings is 1. The third-order valence-corrected chi connectivity index (χ3v) is 6.74. The Morgan fingerprint density at radius 1 is 0.686 bits per heavy atom. The van der Waals surface area contributed by atoms with Gasteiger partial charge < -0.3 is 4.74 Å². The summed E-state index contributed by atoms with van der Waals surface area (Å²) in [6, 6.07) is 32.4. The van der Waals surface area contributed by atoms with Crippen LogP contribution in [0.25, 0.3) is 0 Å². The van der Waals surface area contributed by atoms with Crippen LogP contribution >= 0.6 is 0 Å². The first-order valence-electron chi connectivity index (χ1n) is 12.2. The summed E-state index contributed by atoms with van der Waals surface area (Å²) >= 11 is 0.